The molecule has 5 nitrogen and oxygen atoms in total. The molecule has 142 valence electrons. The maximum Gasteiger partial charge on any atom is 0.345 e. The lowest BCUT2D eigenvalue weighted by atomic mass is 9.93. The van der Waals surface area contributed by atoms with E-state index in [9.17, 15) is 18.0 Å². The molecule has 0 unspecified atom stereocenters. The molecule has 1 fully saturated rings. The molecular weight excluding hydrogens is 345 g/mol. The predicted molar refractivity (Wildman–Crippen MR) is 91.2 cm³/mol. The van der Waals surface area contributed by atoms with Crippen molar-refractivity contribution in [3.63, 3.8) is 0 Å². The molecule has 0 atom stereocenters. The molecule has 1 saturated heterocycles. The maximum atomic E-state index is 13.8. The van der Waals surface area contributed by atoms with Gasteiger partial charge in [0.05, 0.1) is 0 Å². The van der Waals surface area contributed by atoms with Crippen molar-refractivity contribution in [3.8, 4) is 0 Å². The summed E-state index contributed by atoms with van der Waals surface area (Å²) in [6.45, 7) is 4.26. The third kappa shape index (κ3) is 3.70. The first kappa shape index (κ1) is 18.7. The Morgan fingerprint density at radius 2 is 1.85 bits per heavy atom. The van der Waals surface area contributed by atoms with Gasteiger partial charge >= 0.3 is 5.69 Å². The van der Waals surface area contributed by atoms with E-state index < -0.39 is 17.5 Å². The predicted octanol–water partition coefficient (Wildman–Crippen LogP) is 2.47. The van der Waals surface area contributed by atoms with Gasteiger partial charge in [-0.25, -0.2) is 22.6 Å². The molecule has 0 radical (unpaired) electrons. The molecule has 1 aliphatic heterocycles. The van der Waals surface area contributed by atoms with Gasteiger partial charge in [0, 0.05) is 32.1 Å². The highest BCUT2D eigenvalue weighted by Crippen LogP contribution is 2.23. The van der Waals surface area contributed by atoms with E-state index in [1.165, 1.54) is 10.7 Å². The van der Waals surface area contributed by atoms with Crippen molar-refractivity contribution in [2.45, 2.75) is 39.3 Å². The molecule has 1 aliphatic rings. The van der Waals surface area contributed by atoms with Gasteiger partial charge in [0.25, 0.3) is 0 Å². The number of hydrogen-bond acceptors (Lipinski definition) is 3. The zero-order chi connectivity index (χ0) is 18.8. The van der Waals surface area contributed by atoms with Crippen LogP contribution in [0, 0.1) is 23.4 Å². The van der Waals surface area contributed by atoms with Gasteiger partial charge < -0.3 is 0 Å². The van der Waals surface area contributed by atoms with Crippen molar-refractivity contribution in [1.29, 1.82) is 0 Å². The number of benzene rings is 1. The third-order valence-electron chi connectivity index (χ3n) is 5.09. The summed E-state index contributed by atoms with van der Waals surface area (Å²) >= 11 is 0. The number of likely N-dealkylation sites (tertiary alicyclic amines) is 1. The fraction of sp³-hybridized carbons (Fsp3) is 0.556. The minimum atomic E-state index is -1.41. The van der Waals surface area contributed by atoms with Gasteiger partial charge in [-0.15, -0.1) is 0 Å². The summed E-state index contributed by atoms with van der Waals surface area (Å²) in [6.07, 6.45) is 2.51. The van der Waals surface area contributed by atoms with Crippen LogP contribution in [0.2, 0.25) is 0 Å². The average molecular weight is 368 g/mol. The molecule has 8 heteroatoms. The van der Waals surface area contributed by atoms with Gasteiger partial charge in [-0.3, -0.25) is 9.47 Å². The second-order valence-electron chi connectivity index (χ2n) is 6.82. The third-order valence-corrected chi connectivity index (χ3v) is 5.09. The van der Waals surface area contributed by atoms with Crippen LogP contribution in [0.4, 0.5) is 13.2 Å². The van der Waals surface area contributed by atoms with Crippen LogP contribution in [-0.4, -0.2) is 32.3 Å². The van der Waals surface area contributed by atoms with Gasteiger partial charge in [0.1, 0.15) is 5.82 Å². The molecule has 26 heavy (non-hydrogen) atoms. The van der Waals surface area contributed by atoms with E-state index in [-0.39, 0.29) is 17.8 Å². The van der Waals surface area contributed by atoms with Gasteiger partial charge in [-0.2, -0.15) is 5.10 Å². The van der Waals surface area contributed by atoms with E-state index in [4.69, 9.17) is 0 Å². The minimum Gasteiger partial charge on any atom is -0.299 e. The molecule has 3 rings (SSSR count). The second-order valence-corrected chi connectivity index (χ2v) is 6.82. The highest BCUT2D eigenvalue weighted by molar-refractivity contribution is 5.20. The van der Waals surface area contributed by atoms with Crippen molar-refractivity contribution in [2.75, 3.05) is 13.1 Å². The van der Waals surface area contributed by atoms with E-state index in [1.54, 1.807) is 11.6 Å². The number of hydrogen-bond donors (Lipinski definition) is 0. The summed E-state index contributed by atoms with van der Waals surface area (Å²) < 4.78 is 43.2. The first-order valence-electron chi connectivity index (χ1n) is 8.88. The summed E-state index contributed by atoms with van der Waals surface area (Å²) in [5, 5.41) is 4.32. The molecule has 1 aromatic heterocycles. The Hall–Kier alpha value is -2.09. The topological polar surface area (TPSA) is 43.1 Å². The zero-order valence-electron chi connectivity index (χ0n) is 15.0. The van der Waals surface area contributed by atoms with Crippen molar-refractivity contribution < 1.29 is 13.2 Å². The fourth-order valence-electron chi connectivity index (χ4n) is 3.56. The molecule has 1 aromatic carbocycles. The van der Waals surface area contributed by atoms with E-state index in [1.807, 2.05) is 11.8 Å². The Labute approximate surface area is 150 Å². The highest BCUT2D eigenvalue weighted by Gasteiger charge is 2.23. The van der Waals surface area contributed by atoms with Crippen LogP contribution < -0.4 is 5.69 Å². The van der Waals surface area contributed by atoms with Crippen molar-refractivity contribution in [1.82, 2.24) is 19.2 Å². The largest absolute Gasteiger partial charge is 0.345 e. The number of halogens is 3. The molecule has 2 aromatic rings. The van der Waals surface area contributed by atoms with Crippen LogP contribution in [0.5, 0.6) is 0 Å². The Kier molecular flexibility index (Phi) is 5.50. The van der Waals surface area contributed by atoms with E-state index in [0.717, 1.165) is 44.2 Å². The maximum absolute atomic E-state index is 13.8. The molecule has 0 amide bonds. The Balaban J connectivity index is 1.59. The summed E-state index contributed by atoms with van der Waals surface area (Å²) in [6, 6.07) is 2.26. The van der Waals surface area contributed by atoms with Gasteiger partial charge in [-0.1, -0.05) is 6.07 Å². The second kappa shape index (κ2) is 7.65. The van der Waals surface area contributed by atoms with Crippen LogP contribution in [0.3, 0.4) is 0 Å². The van der Waals surface area contributed by atoms with E-state index >= 15 is 0 Å². The smallest absolute Gasteiger partial charge is 0.299 e. The van der Waals surface area contributed by atoms with Crippen molar-refractivity contribution in [2.24, 2.45) is 13.0 Å². The van der Waals surface area contributed by atoms with Gasteiger partial charge in [0.15, 0.2) is 17.5 Å². The van der Waals surface area contributed by atoms with E-state index in [2.05, 4.69) is 5.10 Å². The lowest BCUT2D eigenvalue weighted by Crippen LogP contribution is -2.34. The molecule has 0 spiro atoms. The highest BCUT2D eigenvalue weighted by atomic mass is 19.2. The molecular formula is C18H23F3N4O. The first-order valence-corrected chi connectivity index (χ1v) is 8.88. The molecule has 0 bridgehead atoms. The van der Waals surface area contributed by atoms with Crippen LogP contribution in [-0.2, 0) is 26.6 Å². The van der Waals surface area contributed by atoms with E-state index in [0.29, 0.717) is 12.5 Å². The lowest BCUT2D eigenvalue weighted by molar-refractivity contribution is 0.173. The number of rotatable bonds is 5. The fourth-order valence-corrected chi connectivity index (χ4v) is 3.56. The first-order chi connectivity index (χ1) is 12.4. The lowest BCUT2D eigenvalue weighted by Gasteiger charge is -2.31. The molecule has 0 aliphatic carbocycles. The summed E-state index contributed by atoms with van der Waals surface area (Å²) in [5.41, 5.74) is 0.0700. The number of aryl methyl sites for hydroxylation is 1. The number of piperidine rings is 1. The molecule has 0 N–H and O–H groups in total. The monoisotopic (exact) mass is 368 g/mol. The van der Waals surface area contributed by atoms with Crippen LogP contribution in [0.25, 0.3) is 0 Å². The minimum absolute atomic E-state index is 0.103. The molecule has 0 saturated carbocycles. The number of nitrogens with zero attached hydrogens (tertiary/aromatic N) is 4. The summed E-state index contributed by atoms with van der Waals surface area (Å²) in [5.74, 6) is -2.49. The quantitative estimate of drug-likeness (QED) is 0.762. The summed E-state index contributed by atoms with van der Waals surface area (Å²) in [4.78, 5) is 14.0. The molecule has 2 heterocycles. The van der Waals surface area contributed by atoms with Crippen molar-refractivity contribution in [3.05, 3.63) is 51.5 Å². The Morgan fingerprint density at radius 3 is 2.50 bits per heavy atom. The van der Waals surface area contributed by atoms with Gasteiger partial charge in [0.2, 0.25) is 0 Å². The summed E-state index contributed by atoms with van der Waals surface area (Å²) in [7, 11) is 1.65. The van der Waals surface area contributed by atoms with Gasteiger partial charge in [-0.05, 0) is 44.8 Å². The van der Waals surface area contributed by atoms with Crippen LogP contribution in [0.15, 0.2) is 16.9 Å². The van der Waals surface area contributed by atoms with Crippen molar-refractivity contribution >= 4 is 0 Å². The normalized spacial score (nSPS) is 16.3. The number of aromatic nitrogens is 3. The standard InChI is InChI=1S/C18H23F3N4O/c1-3-25-15(22-23(2)18(25)26)10-12-6-8-24(9-7-12)11-13-4-5-14(19)17(21)16(13)20/h4-5,12H,3,6-11H2,1-2H3. The Bertz CT molecular complexity index is 838. The SMILES string of the molecule is CCn1c(CC2CCN(Cc3ccc(F)c(F)c3F)CC2)nn(C)c1=O. The zero-order valence-corrected chi connectivity index (χ0v) is 15.0. The average Bonchev–Trinajstić information content (AvgIpc) is 2.90. The Morgan fingerprint density at radius 1 is 1.15 bits per heavy atom. The van der Waals surface area contributed by atoms with Crippen LogP contribution in [0.1, 0.15) is 31.2 Å². The van der Waals surface area contributed by atoms with Crippen LogP contribution >= 0.6 is 0 Å².